The second-order valence-corrected chi connectivity index (χ2v) is 20.1. The fourth-order valence-electron chi connectivity index (χ4n) is 6.19. The van der Waals surface area contributed by atoms with Crippen LogP contribution in [0.3, 0.4) is 0 Å². The molecule has 0 saturated carbocycles. The van der Waals surface area contributed by atoms with Crippen LogP contribution in [0.15, 0.2) is 169 Å². The normalized spacial score (nSPS) is 12.5. The monoisotopic (exact) mass is 1000 g/mol. The van der Waals surface area contributed by atoms with Gasteiger partial charge < -0.3 is 39.0 Å². The third-order valence-electron chi connectivity index (χ3n) is 10.3. The standard InChI is InChI=1S/C32H25NO5.C16H25NO4S.C7H8O3S/c34-31(33-30-9-5-4-8-29(30)32(35)36)18-22-10-14-26(15-11-22)38-28-17-13-24-19-27(16-12-25(24)20-28)37-21-23-6-2-1-3-7-23;1-5-19-12-15(18)13-20-16-10-8-14(9-11-16)17-21-22(4,6-2)7-3;1-6-2-4-7(5-3-6)11(8,9)10/h1-17,19-20H,18,21H2,(H,33,34)(H,35,36);2,8-11,15,17-18H,5,7,12-13H2,1,3-4H3;2-5H,1H3,(H,8,9,10)/p-1. The van der Waals surface area contributed by atoms with Crippen LogP contribution in [-0.4, -0.2) is 73.0 Å². The van der Waals surface area contributed by atoms with Gasteiger partial charge in [-0.15, -0.1) is 6.42 Å². The van der Waals surface area contributed by atoms with Gasteiger partial charge in [0.15, 0.2) is 0 Å². The first-order valence-electron chi connectivity index (χ1n) is 22.3. The average molecular weight is 1000 g/mol. The largest absolute Gasteiger partial charge is 0.744 e. The number of carbonyl (C=O) groups is 2. The zero-order chi connectivity index (χ0) is 51.2. The zero-order valence-electron chi connectivity index (χ0n) is 39.8. The van der Waals surface area contributed by atoms with Crippen molar-refractivity contribution in [2.75, 3.05) is 42.6 Å². The summed E-state index contributed by atoms with van der Waals surface area (Å²) in [7, 11) is -5.78. The summed E-state index contributed by atoms with van der Waals surface area (Å²) in [6.45, 7) is 7.26. The Balaban J connectivity index is 0.000000238. The number of carboxylic acid groups (broad SMARTS) is 1. The number of carboxylic acids is 1. The van der Waals surface area contributed by atoms with E-state index >= 15 is 0 Å². The van der Waals surface area contributed by atoms with E-state index in [1.54, 1.807) is 54.6 Å². The molecule has 372 valence electrons. The fraction of sp³-hybridized carbons (Fsp3) is 0.200. The first-order chi connectivity index (χ1) is 34.1. The Morgan fingerprint density at radius 3 is 1.94 bits per heavy atom. The first-order valence-corrected chi connectivity index (χ1v) is 25.9. The summed E-state index contributed by atoms with van der Waals surface area (Å²) >= 11 is 0. The molecule has 0 bridgehead atoms. The molecule has 14 nitrogen and oxygen atoms in total. The number of para-hydroxylation sites is 1. The Morgan fingerprint density at radius 2 is 1.32 bits per heavy atom. The van der Waals surface area contributed by atoms with Gasteiger partial charge in [0, 0.05) is 18.6 Å². The van der Waals surface area contributed by atoms with Gasteiger partial charge in [-0.25, -0.2) is 17.5 Å². The number of anilines is 2. The van der Waals surface area contributed by atoms with Crippen LogP contribution in [0, 0.1) is 18.6 Å². The number of carbonyl (C=O) groups excluding carboxylic acids is 1. The van der Waals surface area contributed by atoms with E-state index in [2.05, 4.69) is 16.0 Å². The maximum absolute atomic E-state index is 12.5. The van der Waals surface area contributed by atoms with Crippen molar-refractivity contribution in [3.8, 4) is 34.7 Å². The minimum Gasteiger partial charge on any atom is -0.744 e. The number of aliphatic hydroxyl groups excluding tert-OH is 1. The topological polar surface area (TPSA) is 202 Å². The predicted octanol–water partition coefficient (Wildman–Crippen LogP) is 10.8. The van der Waals surface area contributed by atoms with Gasteiger partial charge in [-0.3, -0.25) is 10.3 Å². The number of amides is 1. The number of aliphatic hydroxyl groups is 1. The molecule has 0 aliphatic rings. The van der Waals surface area contributed by atoms with Crippen molar-refractivity contribution in [2.45, 2.75) is 44.8 Å². The van der Waals surface area contributed by atoms with Gasteiger partial charge in [0.1, 0.15) is 52.4 Å². The molecule has 4 N–H and O–H groups in total. The molecule has 0 aromatic heterocycles. The van der Waals surface area contributed by atoms with Crippen LogP contribution in [0.1, 0.15) is 40.9 Å². The Bertz CT molecular complexity index is 2950. The van der Waals surface area contributed by atoms with Crippen molar-refractivity contribution < 1.29 is 56.0 Å². The van der Waals surface area contributed by atoms with Gasteiger partial charge in [-0.2, -0.15) is 0 Å². The number of benzene rings is 7. The molecule has 0 aliphatic heterocycles. The molecule has 0 heterocycles. The van der Waals surface area contributed by atoms with E-state index in [1.165, 1.54) is 18.2 Å². The van der Waals surface area contributed by atoms with E-state index in [-0.39, 0.29) is 41.7 Å². The maximum Gasteiger partial charge on any atom is 0.337 e. The summed E-state index contributed by atoms with van der Waals surface area (Å²) in [4.78, 5) is 23.6. The van der Waals surface area contributed by atoms with Gasteiger partial charge in [-0.1, -0.05) is 91.3 Å². The summed E-state index contributed by atoms with van der Waals surface area (Å²) in [5.41, 5.74) is 6.83. The highest BCUT2D eigenvalue weighted by atomic mass is 32.3. The van der Waals surface area contributed by atoms with Crippen molar-refractivity contribution in [3.05, 3.63) is 186 Å². The predicted molar refractivity (Wildman–Crippen MR) is 278 cm³/mol. The molecule has 16 heteroatoms. The van der Waals surface area contributed by atoms with Gasteiger partial charge in [0.2, 0.25) is 5.91 Å². The number of terminal acetylenes is 1. The minimum absolute atomic E-state index is 0.0518. The summed E-state index contributed by atoms with van der Waals surface area (Å²) in [5, 5.41) is 26.4. The van der Waals surface area contributed by atoms with E-state index in [0.29, 0.717) is 30.5 Å². The molecule has 2 atom stereocenters. The highest BCUT2D eigenvalue weighted by Crippen LogP contribution is 2.43. The Labute approximate surface area is 416 Å². The number of ether oxygens (including phenoxy) is 4. The SMILES string of the molecule is C#CS(C)(CC)ONc1ccc(OCC(O)COCC)cc1.Cc1ccc(S(=O)(=O)[O-])cc1.O=C(Cc1ccc(Oc2ccc3cc(OCc4ccccc4)ccc3c2)cc1)Nc1ccccc1C(=O)O. The van der Waals surface area contributed by atoms with E-state index in [1.807, 2.05) is 118 Å². The molecule has 0 aliphatic carbocycles. The Hall–Kier alpha value is -7.36. The summed E-state index contributed by atoms with van der Waals surface area (Å²) in [6.07, 6.45) is 6.88. The summed E-state index contributed by atoms with van der Waals surface area (Å²) in [6, 6.07) is 48.5. The quantitative estimate of drug-likeness (QED) is 0.0319. The van der Waals surface area contributed by atoms with Gasteiger partial charge >= 0.3 is 5.97 Å². The number of aryl methyl sites for hydroxylation is 1. The summed E-state index contributed by atoms with van der Waals surface area (Å²) < 4.78 is 59.3. The molecule has 7 aromatic rings. The molecular formula is C55H57N2O12S2-. The molecule has 0 saturated heterocycles. The average Bonchev–Trinajstić information content (AvgIpc) is 3.37. The van der Waals surface area contributed by atoms with E-state index < -0.39 is 32.5 Å². The molecule has 0 spiro atoms. The molecule has 0 radical (unpaired) electrons. The molecule has 71 heavy (non-hydrogen) atoms. The zero-order valence-corrected chi connectivity index (χ0v) is 41.4. The lowest BCUT2D eigenvalue weighted by atomic mass is 10.1. The molecule has 1 amide bonds. The van der Waals surface area contributed by atoms with Crippen molar-refractivity contribution in [2.24, 2.45) is 0 Å². The smallest absolute Gasteiger partial charge is 0.337 e. The molecular weight excluding hydrogens is 945 g/mol. The first kappa shape index (κ1) is 54.6. The van der Waals surface area contributed by atoms with Crippen molar-refractivity contribution in [1.82, 2.24) is 0 Å². The summed E-state index contributed by atoms with van der Waals surface area (Å²) in [5.74, 6) is 2.22. The van der Waals surface area contributed by atoms with Crippen LogP contribution < -0.4 is 25.0 Å². The third kappa shape index (κ3) is 18.5. The number of fused-ring (bicyclic) bond motifs is 1. The number of hydrogen-bond donors (Lipinski definition) is 4. The highest BCUT2D eigenvalue weighted by Gasteiger charge is 2.15. The minimum atomic E-state index is -4.27. The van der Waals surface area contributed by atoms with Crippen LogP contribution in [-0.2, 0) is 37.0 Å². The van der Waals surface area contributed by atoms with Crippen molar-refractivity contribution in [1.29, 1.82) is 0 Å². The second-order valence-electron chi connectivity index (χ2n) is 15.8. The number of rotatable bonds is 20. The fourth-order valence-corrected chi connectivity index (χ4v) is 7.27. The van der Waals surface area contributed by atoms with Crippen LogP contribution in [0.4, 0.5) is 11.4 Å². The van der Waals surface area contributed by atoms with E-state index in [9.17, 15) is 32.8 Å². The van der Waals surface area contributed by atoms with Crippen LogP contribution in [0.5, 0.6) is 23.0 Å². The maximum atomic E-state index is 12.5. The Morgan fingerprint density at radius 1 is 0.718 bits per heavy atom. The third-order valence-corrected chi connectivity index (χ3v) is 13.2. The molecule has 2 unspecified atom stereocenters. The molecule has 7 aromatic carbocycles. The van der Waals surface area contributed by atoms with Crippen molar-refractivity contribution >= 4 is 54.5 Å². The van der Waals surface area contributed by atoms with Crippen LogP contribution in [0.2, 0.25) is 0 Å². The van der Waals surface area contributed by atoms with Crippen molar-refractivity contribution in [3.63, 3.8) is 0 Å². The molecule has 7 rings (SSSR count). The lowest BCUT2D eigenvalue weighted by molar-refractivity contribution is -0.115. The van der Waals surface area contributed by atoms with Crippen LogP contribution in [0.25, 0.3) is 10.8 Å². The van der Waals surface area contributed by atoms with Gasteiger partial charge in [0.25, 0.3) is 0 Å². The van der Waals surface area contributed by atoms with E-state index in [0.717, 1.165) is 44.7 Å². The molecule has 0 fully saturated rings. The lowest BCUT2D eigenvalue weighted by Gasteiger charge is -2.27. The number of nitrogens with one attached hydrogen (secondary N) is 2. The lowest BCUT2D eigenvalue weighted by Crippen LogP contribution is -2.23. The van der Waals surface area contributed by atoms with Crippen LogP contribution >= 0.6 is 10.3 Å². The van der Waals surface area contributed by atoms with E-state index in [4.69, 9.17) is 29.7 Å². The Kier molecular flexibility index (Phi) is 20.9. The number of hydrogen-bond acceptors (Lipinski definition) is 12. The second kappa shape index (κ2) is 27.1. The number of aromatic carboxylic acids is 1. The van der Waals surface area contributed by atoms with Gasteiger partial charge in [-0.05, 0) is 136 Å². The van der Waals surface area contributed by atoms with Gasteiger partial charge in [0.05, 0.1) is 34.9 Å². The highest BCUT2D eigenvalue weighted by molar-refractivity contribution is 8.33.